The van der Waals surface area contributed by atoms with Crippen LogP contribution in [0.15, 0.2) is 30.7 Å². The molecule has 3 aliphatic rings. The monoisotopic (exact) mass is 299 g/mol. The third-order valence-electron chi connectivity index (χ3n) is 5.11. The van der Waals surface area contributed by atoms with Crippen LogP contribution in [0.5, 0.6) is 5.88 Å². The van der Waals surface area contributed by atoms with Gasteiger partial charge in [-0.2, -0.15) is 0 Å². The summed E-state index contributed by atoms with van der Waals surface area (Å²) in [5.74, 6) is 2.17. The van der Waals surface area contributed by atoms with Crippen LogP contribution in [-0.4, -0.2) is 40.0 Å². The van der Waals surface area contributed by atoms with Crippen LogP contribution in [-0.2, 0) is 4.79 Å². The van der Waals surface area contributed by atoms with Gasteiger partial charge in [0.2, 0.25) is 11.8 Å². The number of likely N-dealkylation sites (tertiary alicyclic amines) is 1. The third-order valence-corrected chi connectivity index (χ3v) is 5.11. The predicted molar refractivity (Wildman–Crippen MR) is 81.1 cm³/mol. The Bertz CT molecular complexity index is 575. The first-order valence-electron chi connectivity index (χ1n) is 8.19. The summed E-state index contributed by atoms with van der Waals surface area (Å²) in [6.07, 6.45) is 13.6. The number of piperidine rings is 1. The summed E-state index contributed by atoms with van der Waals surface area (Å²) < 4.78 is 5.88. The summed E-state index contributed by atoms with van der Waals surface area (Å²) in [5, 5.41) is 0. The van der Waals surface area contributed by atoms with Gasteiger partial charge in [0.1, 0.15) is 6.10 Å². The largest absolute Gasteiger partial charge is 0.471 e. The van der Waals surface area contributed by atoms with Crippen LogP contribution in [0.2, 0.25) is 0 Å². The van der Waals surface area contributed by atoms with E-state index in [2.05, 4.69) is 22.1 Å². The quantitative estimate of drug-likeness (QED) is 0.802. The highest BCUT2D eigenvalue weighted by molar-refractivity contribution is 5.80. The lowest BCUT2D eigenvalue weighted by Crippen LogP contribution is -2.47. The summed E-state index contributed by atoms with van der Waals surface area (Å²) in [6, 6.07) is 0. The van der Waals surface area contributed by atoms with Crippen molar-refractivity contribution in [1.82, 2.24) is 14.9 Å². The minimum atomic E-state index is 0.0310. The SMILES string of the molecule is O=C(C1CC2C=CC1C2)N1CCCC(Oc2cnccn2)C1. The summed E-state index contributed by atoms with van der Waals surface area (Å²) in [7, 11) is 0. The van der Waals surface area contributed by atoms with Gasteiger partial charge in [-0.25, -0.2) is 4.98 Å². The van der Waals surface area contributed by atoms with Crippen molar-refractivity contribution < 1.29 is 9.53 Å². The number of amides is 1. The van der Waals surface area contributed by atoms with Crippen molar-refractivity contribution in [3.63, 3.8) is 0 Å². The first-order valence-corrected chi connectivity index (χ1v) is 8.19. The maximum absolute atomic E-state index is 12.8. The number of nitrogens with zero attached hydrogens (tertiary/aromatic N) is 3. The van der Waals surface area contributed by atoms with Crippen molar-refractivity contribution in [3.05, 3.63) is 30.7 Å². The smallest absolute Gasteiger partial charge is 0.232 e. The van der Waals surface area contributed by atoms with E-state index in [1.165, 1.54) is 6.42 Å². The van der Waals surface area contributed by atoms with Gasteiger partial charge in [0.15, 0.2) is 0 Å². The Labute approximate surface area is 130 Å². The van der Waals surface area contributed by atoms with E-state index in [9.17, 15) is 4.79 Å². The molecule has 5 nitrogen and oxygen atoms in total. The molecule has 1 aromatic rings. The number of aromatic nitrogens is 2. The summed E-state index contributed by atoms with van der Waals surface area (Å²) >= 11 is 0. The summed E-state index contributed by atoms with van der Waals surface area (Å²) in [4.78, 5) is 23.0. The molecule has 2 fully saturated rings. The molecule has 1 amide bonds. The normalized spacial score (nSPS) is 33.2. The first kappa shape index (κ1) is 13.7. The van der Waals surface area contributed by atoms with E-state index in [-0.39, 0.29) is 12.0 Å². The zero-order valence-electron chi connectivity index (χ0n) is 12.6. The molecule has 1 aromatic heterocycles. The number of carbonyl (C=O) groups is 1. The maximum atomic E-state index is 12.8. The van der Waals surface area contributed by atoms with Crippen LogP contribution in [0.4, 0.5) is 0 Å². The zero-order chi connectivity index (χ0) is 14.9. The Kier molecular flexibility index (Phi) is 3.56. The number of carbonyl (C=O) groups excluding carboxylic acids is 1. The fourth-order valence-electron chi connectivity index (χ4n) is 4.05. The van der Waals surface area contributed by atoms with E-state index in [4.69, 9.17) is 4.74 Å². The van der Waals surface area contributed by atoms with Gasteiger partial charge in [-0.1, -0.05) is 12.2 Å². The number of hydrogen-bond donors (Lipinski definition) is 0. The first-order chi connectivity index (χ1) is 10.8. The second-order valence-corrected chi connectivity index (χ2v) is 6.60. The van der Waals surface area contributed by atoms with Crippen molar-refractivity contribution >= 4 is 5.91 Å². The minimum absolute atomic E-state index is 0.0310. The van der Waals surface area contributed by atoms with Gasteiger partial charge in [-0.15, -0.1) is 0 Å². The average molecular weight is 299 g/mol. The van der Waals surface area contributed by atoms with Gasteiger partial charge in [0.25, 0.3) is 0 Å². The molecule has 1 saturated carbocycles. The summed E-state index contributed by atoms with van der Waals surface area (Å²) in [6.45, 7) is 1.53. The molecule has 1 aliphatic heterocycles. The highest BCUT2D eigenvalue weighted by atomic mass is 16.5. The number of rotatable bonds is 3. The zero-order valence-corrected chi connectivity index (χ0v) is 12.6. The minimum Gasteiger partial charge on any atom is -0.471 e. The average Bonchev–Trinajstić information content (AvgIpc) is 3.18. The molecule has 1 saturated heterocycles. The van der Waals surface area contributed by atoms with E-state index in [0.29, 0.717) is 30.2 Å². The second kappa shape index (κ2) is 5.71. The van der Waals surface area contributed by atoms with Crippen molar-refractivity contribution in [1.29, 1.82) is 0 Å². The number of hydrogen-bond acceptors (Lipinski definition) is 4. The molecule has 2 bridgehead atoms. The number of ether oxygens (including phenoxy) is 1. The van der Waals surface area contributed by atoms with Crippen molar-refractivity contribution in [2.75, 3.05) is 13.1 Å². The van der Waals surface area contributed by atoms with Crippen LogP contribution >= 0.6 is 0 Å². The molecule has 4 atom stereocenters. The van der Waals surface area contributed by atoms with Crippen LogP contribution in [0.1, 0.15) is 25.7 Å². The molecule has 4 rings (SSSR count). The molecular weight excluding hydrogens is 278 g/mol. The number of allylic oxidation sites excluding steroid dienone is 2. The van der Waals surface area contributed by atoms with E-state index in [1.54, 1.807) is 18.6 Å². The third kappa shape index (κ3) is 2.60. The molecule has 2 aliphatic carbocycles. The van der Waals surface area contributed by atoms with Crippen molar-refractivity contribution in [2.45, 2.75) is 31.8 Å². The summed E-state index contributed by atoms with van der Waals surface area (Å²) in [5.41, 5.74) is 0. The van der Waals surface area contributed by atoms with Crippen molar-refractivity contribution in [3.8, 4) is 5.88 Å². The molecule has 2 heterocycles. The molecule has 22 heavy (non-hydrogen) atoms. The van der Waals surface area contributed by atoms with E-state index < -0.39 is 0 Å². The second-order valence-electron chi connectivity index (χ2n) is 6.60. The van der Waals surface area contributed by atoms with Gasteiger partial charge in [-0.05, 0) is 37.5 Å². The molecule has 0 N–H and O–H groups in total. The van der Waals surface area contributed by atoms with E-state index in [0.717, 1.165) is 25.8 Å². The fourth-order valence-corrected chi connectivity index (χ4v) is 4.05. The molecule has 116 valence electrons. The maximum Gasteiger partial charge on any atom is 0.232 e. The lowest BCUT2D eigenvalue weighted by Gasteiger charge is -2.35. The van der Waals surface area contributed by atoms with Gasteiger partial charge < -0.3 is 9.64 Å². The highest BCUT2D eigenvalue weighted by Crippen LogP contribution is 2.44. The van der Waals surface area contributed by atoms with Crippen LogP contribution in [0, 0.1) is 17.8 Å². The van der Waals surface area contributed by atoms with Gasteiger partial charge in [0.05, 0.1) is 12.7 Å². The Morgan fingerprint density at radius 2 is 2.23 bits per heavy atom. The van der Waals surface area contributed by atoms with Gasteiger partial charge in [-0.3, -0.25) is 9.78 Å². The Balaban J connectivity index is 1.38. The lowest BCUT2D eigenvalue weighted by atomic mass is 9.91. The molecule has 4 unspecified atom stereocenters. The van der Waals surface area contributed by atoms with Crippen LogP contribution in [0.3, 0.4) is 0 Å². The fraction of sp³-hybridized carbons (Fsp3) is 0.588. The Hall–Kier alpha value is -1.91. The Morgan fingerprint density at radius 1 is 1.27 bits per heavy atom. The lowest BCUT2D eigenvalue weighted by molar-refractivity contribution is -0.139. The molecule has 0 radical (unpaired) electrons. The van der Waals surface area contributed by atoms with Crippen LogP contribution in [0.25, 0.3) is 0 Å². The predicted octanol–water partition coefficient (Wildman–Crippen LogP) is 2.06. The van der Waals surface area contributed by atoms with Gasteiger partial charge in [0, 0.05) is 24.9 Å². The van der Waals surface area contributed by atoms with Crippen LogP contribution < -0.4 is 4.74 Å². The standard InChI is InChI=1S/C17H21N3O2/c21-17(15-9-12-3-4-13(15)8-12)20-7-1-2-14(11-20)22-16-10-18-5-6-19-16/h3-6,10,12-15H,1-2,7-9,11H2. The number of fused-ring (bicyclic) bond motifs is 2. The molecule has 0 spiro atoms. The molecular formula is C17H21N3O2. The molecule has 5 heteroatoms. The Morgan fingerprint density at radius 3 is 2.95 bits per heavy atom. The van der Waals surface area contributed by atoms with E-state index in [1.807, 2.05) is 4.90 Å². The topological polar surface area (TPSA) is 55.3 Å². The van der Waals surface area contributed by atoms with E-state index >= 15 is 0 Å². The molecule has 0 aromatic carbocycles. The van der Waals surface area contributed by atoms with Crippen molar-refractivity contribution in [2.24, 2.45) is 17.8 Å². The highest BCUT2D eigenvalue weighted by Gasteiger charge is 2.42. The van der Waals surface area contributed by atoms with Gasteiger partial charge >= 0.3 is 0 Å².